The van der Waals surface area contributed by atoms with E-state index in [4.69, 9.17) is 5.53 Å². The fourth-order valence-electron chi connectivity index (χ4n) is 0.398. The Kier molecular flexibility index (Phi) is 4.95. The highest BCUT2D eigenvalue weighted by Gasteiger charge is 2.13. The van der Waals surface area contributed by atoms with Crippen LogP contribution in [0.25, 0.3) is 10.4 Å². The van der Waals surface area contributed by atoms with E-state index >= 15 is 0 Å². The van der Waals surface area contributed by atoms with Crippen molar-refractivity contribution < 1.29 is 19.2 Å². The molecule has 0 saturated heterocycles. The smallest absolute Gasteiger partial charge is 0.353 e. The lowest BCUT2D eigenvalue weighted by Crippen LogP contribution is -2.14. The van der Waals surface area contributed by atoms with Crippen LogP contribution in [0.15, 0.2) is 5.28 Å². The van der Waals surface area contributed by atoms with Crippen LogP contribution in [0.3, 0.4) is 0 Å². The van der Waals surface area contributed by atoms with Gasteiger partial charge in [0.15, 0.2) is 0 Å². The van der Waals surface area contributed by atoms with Crippen molar-refractivity contribution in [1.29, 1.82) is 0 Å². The summed E-state index contributed by atoms with van der Waals surface area (Å²) in [6.45, 7) is 0. The first-order valence-electron chi connectivity index (χ1n) is 2.94. The highest BCUT2D eigenvalue weighted by Crippen LogP contribution is 1.91. The summed E-state index contributed by atoms with van der Waals surface area (Å²) in [5.41, 5.74) is 7.69. The summed E-state index contributed by atoms with van der Waals surface area (Å²) in [4.78, 5) is 36.7. The number of azide groups is 1. The SMILES string of the molecule is [N-]=[N+]=NOC(=O)C(=O)CCC=O. The highest BCUT2D eigenvalue weighted by atomic mass is 16.7. The quantitative estimate of drug-likeness (QED) is 0.148. The van der Waals surface area contributed by atoms with E-state index in [1.165, 1.54) is 0 Å². The van der Waals surface area contributed by atoms with Crippen molar-refractivity contribution in [3.05, 3.63) is 10.4 Å². The van der Waals surface area contributed by atoms with Crippen molar-refractivity contribution in [3.8, 4) is 0 Å². The minimum atomic E-state index is -1.25. The van der Waals surface area contributed by atoms with Crippen LogP contribution in [0.2, 0.25) is 0 Å². The predicted octanol–water partition coefficient (Wildman–Crippen LogP) is 0.303. The van der Waals surface area contributed by atoms with Gasteiger partial charge in [-0.2, -0.15) is 0 Å². The zero-order chi connectivity index (χ0) is 9.40. The molecule has 0 bridgehead atoms. The van der Waals surface area contributed by atoms with Gasteiger partial charge in [-0.3, -0.25) is 4.79 Å². The van der Waals surface area contributed by atoms with Crippen molar-refractivity contribution in [1.82, 2.24) is 0 Å². The molecule has 0 unspecified atom stereocenters. The molecular weight excluding hydrogens is 166 g/mol. The van der Waals surface area contributed by atoms with Crippen LogP contribution in [0.1, 0.15) is 12.8 Å². The van der Waals surface area contributed by atoms with E-state index in [0.717, 1.165) is 0 Å². The molecule has 0 spiro atoms. The van der Waals surface area contributed by atoms with Gasteiger partial charge in [-0.1, -0.05) is 0 Å². The Labute approximate surface area is 66.9 Å². The molecule has 64 valence electrons. The van der Waals surface area contributed by atoms with Crippen LogP contribution in [-0.2, 0) is 19.2 Å². The maximum absolute atomic E-state index is 10.6. The van der Waals surface area contributed by atoms with Crippen LogP contribution in [0, 0.1) is 0 Å². The summed E-state index contributed by atoms with van der Waals surface area (Å²) in [6, 6.07) is 0. The molecule has 0 aromatic rings. The van der Waals surface area contributed by atoms with Gasteiger partial charge in [-0.15, -0.1) is 0 Å². The summed E-state index contributed by atoms with van der Waals surface area (Å²) < 4.78 is 0. The Morgan fingerprint density at radius 2 is 2.25 bits per heavy atom. The fraction of sp³-hybridized carbons (Fsp3) is 0.400. The third kappa shape index (κ3) is 4.02. The van der Waals surface area contributed by atoms with Crippen molar-refractivity contribution in [2.45, 2.75) is 12.8 Å². The summed E-state index contributed by atoms with van der Waals surface area (Å²) in [6.07, 6.45) is 0.215. The first-order chi connectivity index (χ1) is 5.72. The summed E-state index contributed by atoms with van der Waals surface area (Å²) in [7, 11) is 0. The number of aldehydes is 1. The third-order valence-corrected chi connectivity index (χ3v) is 0.877. The lowest BCUT2D eigenvalue weighted by Gasteiger charge is -1.91. The number of carbonyl (C=O) groups excluding carboxylic acids is 3. The van der Waals surface area contributed by atoms with Gasteiger partial charge < -0.3 is 9.63 Å². The second-order valence-corrected chi connectivity index (χ2v) is 1.68. The molecule has 0 radical (unpaired) electrons. The molecule has 0 atom stereocenters. The fourth-order valence-corrected chi connectivity index (χ4v) is 0.398. The van der Waals surface area contributed by atoms with E-state index < -0.39 is 11.8 Å². The van der Waals surface area contributed by atoms with Crippen molar-refractivity contribution in [2.75, 3.05) is 0 Å². The van der Waals surface area contributed by atoms with Crippen molar-refractivity contribution >= 4 is 18.0 Å². The van der Waals surface area contributed by atoms with Crippen molar-refractivity contribution in [2.24, 2.45) is 5.28 Å². The summed E-state index contributed by atoms with van der Waals surface area (Å²) in [5.74, 6) is -2.15. The number of nitrogens with zero attached hydrogens (tertiary/aromatic N) is 3. The van der Waals surface area contributed by atoms with Gasteiger partial charge in [0.05, 0.1) is 0 Å². The van der Waals surface area contributed by atoms with Crippen LogP contribution < -0.4 is 0 Å². The molecule has 0 heterocycles. The number of ketones is 1. The average Bonchev–Trinajstić information content (AvgIpc) is 2.10. The topological polar surface area (TPSA) is 109 Å². The second-order valence-electron chi connectivity index (χ2n) is 1.68. The van der Waals surface area contributed by atoms with Gasteiger partial charge in [-0.05, 0) is 5.53 Å². The van der Waals surface area contributed by atoms with Gasteiger partial charge >= 0.3 is 5.97 Å². The predicted molar refractivity (Wildman–Crippen MR) is 35.5 cm³/mol. The second kappa shape index (κ2) is 5.87. The Balaban J connectivity index is 3.84. The normalized spacial score (nSPS) is 8.00. The first kappa shape index (κ1) is 10.1. The largest absolute Gasteiger partial charge is 0.386 e. The van der Waals surface area contributed by atoms with E-state index in [0.29, 0.717) is 6.29 Å². The molecule has 0 rings (SSSR count). The lowest BCUT2D eigenvalue weighted by atomic mass is 10.2. The Bertz CT molecular complexity index is 243. The van der Waals surface area contributed by atoms with Crippen LogP contribution in [-0.4, -0.2) is 18.0 Å². The number of hydrogen-bond donors (Lipinski definition) is 0. The molecule has 0 aromatic heterocycles. The maximum atomic E-state index is 10.6. The third-order valence-electron chi connectivity index (χ3n) is 0.877. The molecule has 0 aliphatic carbocycles. The van der Waals surface area contributed by atoms with E-state index in [9.17, 15) is 14.4 Å². The molecular formula is C5H5N3O4. The molecule has 0 aliphatic rings. The zero-order valence-corrected chi connectivity index (χ0v) is 5.97. The summed E-state index contributed by atoms with van der Waals surface area (Å²) >= 11 is 0. The zero-order valence-electron chi connectivity index (χ0n) is 5.97. The van der Waals surface area contributed by atoms with Crippen LogP contribution in [0.4, 0.5) is 0 Å². The standard InChI is InChI=1S/C5H5N3O4/c6-7-8-12-5(11)4(10)2-1-3-9/h3H,1-2H2. The average molecular weight is 171 g/mol. The van der Waals surface area contributed by atoms with Gasteiger partial charge in [-0.25, -0.2) is 4.79 Å². The molecule has 0 amide bonds. The van der Waals surface area contributed by atoms with Crippen LogP contribution in [0.5, 0.6) is 0 Å². The Hall–Kier alpha value is -1.88. The van der Waals surface area contributed by atoms with Crippen LogP contribution >= 0.6 is 0 Å². The molecule has 0 aliphatic heterocycles. The van der Waals surface area contributed by atoms with Crippen molar-refractivity contribution in [3.63, 3.8) is 0 Å². The molecule has 7 nitrogen and oxygen atoms in total. The number of hydrogen-bond acceptors (Lipinski definition) is 5. The highest BCUT2D eigenvalue weighted by molar-refractivity contribution is 6.33. The van der Waals surface area contributed by atoms with E-state index in [-0.39, 0.29) is 12.8 Å². The molecule has 12 heavy (non-hydrogen) atoms. The monoisotopic (exact) mass is 171 g/mol. The van der Waals surface area contributed by atoms with E-state index in [2.05, 4.69) is 15.0 Å². The summed E-state index contributed by atoms with van der Waals surface area (Å²) in [5, 5.41) is 2.42. The number of rotatable bonds is 5. The van der Waals surface area contributed by atoms with E-state index in [1.54, 1.807) is 0 Å². The molecule has 0 N–H and O–H groups in total. The maximum Gasteiger partial charge on any atom is 0.386 e. The first-order valence-corrected chi connectivity index (χ1v) is 2.94. The van der Waals surface area contributed by atoms with Gasteiger partial charge in [0, 0.05) is 17.8 Å². The molecule has 7 heteroatoms. The Morgan fingerprint density at radius 1 is 1.58 bits per heavy atom. The van der Waals surface area contributed by atoms with Gasteiger partial charge in [0.2, 0.25) is 5.78 Å². The van der Waals surface area contributed by atoms with Gasteiger partial charge in [0.25, 0.3) is 0 Å². The minimum Gasteiger partial charge on any atom is -0.353 e. The molecule has 0 saturated carbocycles. The molecule has 0 fully saturated rings. The molecule has 0 aromatic carbocycles. The number of Topliss-reactive ketones (excluding diaryl/α,β-unsaturated/α-hetero) is 1. The Morgan fingerprint density at radius 3 is 2.75 bits per heavy atom. The van der Waals surface area contributed by atoms with E-state index in [1.807, 2.05) is 0 Å². The number of carbonyl (C=O) groups is 3. The van der Waals surface area contributed by atoms with Gasteiger partial charge in [0.1, 0.15) is 11.6 Å². The minimum absolute atomic E-state index is 0.0514. The lowest BCUT2D eigenvalue weighted by molar-refractivity contribution is -0.154.